The van der Waals surface area contributed by atoms with Gasteiger partial charge in [-0.15, -0.1) is 0 Å². The zero-order valence-electron chi connectivity index (χ0n) is 7.70. The molecule has 0 bridgehead atoms. The maximum absolute atomic E-state index is 13.2. The monoisotopic (exact) mass is 190 g/mol. The standard InChI is InChI=1S/C11H11FN2/c12-10-6-8-2-1-5-14-11(8)9(7-10)3-4-13/h1-2,5-7H,3-4,13H2. The van der Waals surface area contributed by atoms with E-state index in [1.165, 1.54) is 12.1 Å². The van der Waals surface area contributed by atoms with Crippen molar-refractivity contribution in [1.82, 2.24) is 4.98 Å². The van der Waals surface area contributed by atoms with Crippen LogP contribution in [0, 0.1) is 5.82 Å². The molecule has 1 heterocycles. The Morgan fingerprint density at radius 1 is 1.36 bits per heavy atom. The number of nitrogens with two attached hydrogens (primary N) is 1. The van der Waals surface area contributed by atoms with Gasteiger partial charge in [-0.3, -0.25) is 4.98 Å². The minimum Gasteiger partial charge on any atom is -0.330 e. The smallest absolute Gasteiger partial charge is 0.124 e. The summed E-state index contributed by atoms with van der Waals surface area (Å²) < 4.78 is 13.2. The highest BCUT2D eigenvalue weighted by molar-refractivity contribution is 5.81. The summed E-state index contributed by atoms with van der Waals surface area (Å²) >= 11 is 0. The molecular weight excluding hydrogens is 179 g/mol. The van der Waals surface area contributed by atoms with E-state index in [-0.39, 0.29) is 5.82 Å². The van der Waals surface area contributed by atoms with E-state index >= 15 is 0 Å². The molecule has 0 amide bonds. The molecule has 2 aromatic rings. The Bertz CT molecular complexity index is 454. The van der Waals surface area contributed by atoms with Gasteiger partial charge in [-0.1, -0.05) is 6.07 Å². The van der Waals surface area contributed by atoms with Crippen LogP contribution in [0.3, 0.4) is 0 Å². The summed E-state index contributed by atoms with van der Waals surface area (Å²) in [6.45, 7) is 0.509. The molecule has 14 heavy (non-hydrogen) atoms. The molecule has 1 aromatic heterocycles. The minimum atomic E-state index is -0.228. The molecule has 0 atom stereocenters. The summed E-state index contributed by atoms with van der Waals surface area (Å²) in [5, 5.41) is 0.830. The summed E-state index contributed by atoms with van der Waals surface area (Å²) in [5.41, 5.74) is 7.18. The maximum Gasteiger partial charge on any atom is 0.124 e. The van der Waals surface area contributed by atoms with E-state index in [4.69, 9.17) is 5.73 Å². The van der Waals surface area contributed by atoms with Crippen molar-refractivity contribution < 1.29 is 4.39 Å². The number of hydrogen-bond acceptors (Lipinski definition) is 2. The Balaban J connectivity index is 2.67. The molecule has 2 nitrogen and oxygen atoms in total. The molecule has 2 rings (SSSR count). The van der Waals surface area contributed by atoms with Crippen LogP contribution in [0.2, 0.25) is 0 Å². The van der Waals surface area contributed by atoms with Gasteiger partial charge >= 0.3 is 0 Å². The van der Waals surface area contributed by atoms with E-state index in [1.807, 2.05) is 6.07 Å². The Hall–Kier alpha value is -1.48. The largest absolute Gasteiger partial charge is 0.330 e. The number of rotatable bonds is 2. The predicted molar refractivity (Wildman–Crippen MR) is 54.5 cm³/mol. The SMILES string of the molecule is NCCc1cc(F)cc2cccnc12. The third-order valence-corrected chi connectivity index (χ3v) is 2.16. The third kappa shape index (κ3) is 1.59. The van der Waals surface area contributed by atoms with Crippen molar-refractivity contribution >= 4 is 10.9 Å². The molecular formula is C11H11FN2. The van der Waals surface area contributed by atoms with Crippen molar-refractivity contribution in [2.75, 3.05) is 6.54 Å². The lowest BCUT2D eigenvalue weighted by Gasteiger charge is -2.04. The predicted octanol–water partition coefficient (Wildman–Crippen LogP) is 1.88. The Kier molecular flexibility index (Phi) is 2.41. The second kappa shape index (κ2) is 3.72. The lowest BCUT2D eigenvalue weighted by molar-refractivity contribution is 0.627. The van der Waals surface area contributed by atoms with Crippen molar-refractivity contribution in [3.63, 3.8) is 0 Å². The molecule has 2 N–H and O–H groups in total. The minimum absolute atomic E-state index is 0.228. The van der Waals surface area contributed by atoms with E-state index in [2.05, 4.69) is 4.98 Å². The third-order valence-electron chi connectivity index (χ3n) is 2.16. The number of fused-ring (bicyclic) bond motifs is 1. The average molecular weight is 190 g/mol. The second-order valence-electron chi connectivity index (χ2n) is 3.18. The summed E-state index contributed by atoms with van der Waals surface area (Å²) in [7, 11) is 0. The fourth-order valence-corrected chi connectivity index (χ4v) is 1.57. The fraction of sp³-hybridized carbons (Fsp3) is 0.182. The summed E-state index contributed by atoms with van der Waals surface area (Å²) in [6, 6.07) is 6.64. The van der Waals surface area contributed by atoms with E-state index in [9.17, 15) is 4.39 Å². The molecule has 72 valence electrons. The van der Waals surface area contributed by atoms with Gasteiger partial charge in [-0.25, -0.2) is 4.39 Å². The van der Waals surface area contributed by atoms with Crippen molar-refractivity contribution in [2.24, 2.45) is 5.73 Å². The average Bonchev–Trinajstić information content (AvgIpc) is 2.18. The van der Waals surface area contributed by atoms with E-state index < -0.39 is 0 Å². The van der Waals surface area contributed by atoms with Crippen molar-refractivity contribution in [1.29, 1.82) is 0 Å². The van der Waals surface area contributed by atoms with Gasteiger partial charge < -0.3 is 5.73 Å². The molecule has 3 heteroatoms. The van der Waals surface area contributed by atoms with Crippen LogP contribution in [0.15, 0.2) is 30.5 Å². The van der Waals surface area contributed by atoms with Crippen LogP contribution in [-0.2, 0) is 6.42 Å². The summed E-state index contributed by atoms with van der Waals surface area (Å²) in [5.74, 6) is -0.228. The summed E-state index contributed by atoms with van der Waals surface area (Å²) in [4.78, 5) is 4.22. The first-order chi connectivity index (χ1) is 6.81. The quantitative estimate of drug-likeness (QED) is 0.785. The first-order valence-corrected chi connectivity index (χ1v) is 4.54. The van der Waals surface area contributed by atoms with Gasteiger partial charge in [0.05, 0.1) is 5.52 Å². The highest BCUT2D eigenvalue weighted by atomic mass is 19.1. The van der Waals surface area contributed by atoms with Crippen molar-refractivity contribution in [3.8, 4) is 0 Å². The topological polar surface area (TPSA) is 38.9 Å². The van der Waals surface area contributed by atoms with Gasteiger partial charge in [-0.2, -0.15) is 0 Å². The first kappa shape index (κ1) is 9.09. The van der Waals surface area contributed by atoms with Crippen LogP contribution in [0.4, 0.5) is 4.39 Å². The van der Waals surface area contributed by atoms with Gasteiger partial charge in [0.25, 0.3) is 0 Å². The van der Waals surface area contributed by atoms with Gasteiger partial charge in [0.1, 0.15) is 5.82 Å². The molecule has 0 unspecified atom stereocenters. The van der Waals surface area contributed by atoms with Crippen molar-refractivity contribution in [3.05, 3.63) is 41.8 Å². The molecule has 1 aromatic carbocycles. The van der Waals surface area contributed by atoms with Crippen LogP contribution in [0.25, 0.3) is 10.9 Å². The van der Waals surface area contributed by atoms with Gasteiger partial charge in [0, 0.05) is 11.6 Å². The number of pyridine rings is 1. The highest BCUT2D eigenvalue weighted by Crippen LogP contribution is 2.18. The Morgan fingerprint density at radius 3 is 3.00 bits per heavy atom. The molecule has 0 saturated carbocycles. The summed E-state index contributed by atoms with van der Waals surface area (Å²) in [6.07, 6.45) is 2.37. The molecule has 0 saturated heterocycles. The number of halogens is 1. The molecule has 0 aliphatic carbocycles. The normalized spacial score (nSPS) is 10.7. The van der Waals surface area contributed by atoms with Crippen LogP contribution in [-0.4, -0.2) is 11.5 Å². The molecule has 0 aliphatic rings. The first-order valence-electron chi connectivity index (χ1n) is 4.54. The van der Waals surface area contributed by atoms with Crippen LogP contribution in [0.5, 0.6) is 0 Å². The second-order valence-corrected chi connectivity index (χ2v) is 3.18. The molecule has 0 spiro atoms. The van der Waals surface area contributed by atoms with Gasteiger partial charge in [0.2, 0.25) is 0 Å². The van der Waals surface area contributed by atoms with Gasteiger partial charge in [0.15, 0.2) is 0 Å². The van der Waals surface area contributed by atoms with Crippen LogP contribution in [0.1, 0.15) is 5.56 Å². The van der Waals surface area contributed by atoms with E-state index in [1.54, 1.807) is 12.3 Å². The fourth-order valence-electron chi connectivity index (χ4n) is 1.57. The lowest BCUT2D eigenvalue weighted by Crippen LogP contribution is -2.04. The zero-order valence-corrected chi connectivity index (χ0v) is 7.70. The van der Waals surface area contributed by atoms with Crippen LogP contribution < -0.4 is 5.73 Å². The maximum atomic E-state index is 13.2. The number of nitrogens with zero attached hydrogens (tertiary/aromatic N) is 1. The molecule has 0 radical (unpaired) electrons. The molecule has 0 aliphatic heterocycles. The van der Waals surface area contributed by atoms with E-state index in [0.29, 0.717) is 13.0 Å². The lowest BCUT2D eigenvalue weighted by atomic mass is 10.1. The zero-order chi connectivity index (χ0) is 9.97. The van der Waals surface area contributed by atoms with Crippen molar-refractivity contribution in [2.45, 2.75) is 6.42 Å². The van der Waals surface area contributed by atoms with Gasteiger partial charge in [-0.05, 0) is 36.7 Å². The van der Waals surface area contributed by atoms with Crippen LogP contribution >= 0.6 is 0 Å². The number of hydrogen-bond donors (Lipinski definition) is 1. The van der Waals surface area contributed by atoms with E-state index in [0.717, 1.165) is 16.5 Å². The Morgan fingerprint density at radius 2 is 2.21 bits per heavy atom. The number of aromatic nitrogens is 1. The highest BCUT2D eigenvalue weighted by Gasteiger charge is 2.03. The molecule has 0 fully saturated rings. The number of benzene rings is 1. The Labute approximate surface area is 81.6 Å².